The molecule has 0 saturated heterocycles. The number of anilines is 1. The Hall–Kier alpha value is -3.03. The Morgan fingerprint density at radius 3 is 2.72 bits per heavy atom. The zero-order chi connectivity index (χ0) is 20.4. The van der Waals surface area contributed by atoms with Crippen LogP contribution in [0.5, 0.6) is 0 Å². The summed E-state index contributed by atoms with van der Waals surface area (Å²) in [4.78, 5) is 35.5. The number of aromatic nitrogens is 3. The van der Waals surface area contributed by atoms with Crippen LogP contribution in [-0.2, 0) is 11.3 Å². The number of hydrogen-bond acceptors (Lipinski definition) is 5. The van der Waals surface area contributed by atoms with Crippen LogP contribution in [0.3, 0.4) is 0 Å². The highest BCUT2D eigenvalue weighted by Crippen LogP contribution is 2.35. The van der Waals surface area contributed by atoms with Crippen LogP contribution >= 0.6 is 22.9 Å². The lowest BCUT2D eigenvalue weighted by atomic mass is 10.0. The van der Waals surface area contributed by atoms with Crippen LogP contribution in [0.25, 0.3) is 21.3 Å². The summed E-state index contributed by atoms with van der Waals surface area (Å²) in [5.74, 6) is -0.253. The smallest absolute Gasteiger partial charge is 0.262 e. The fourth-order valence-electron chi connectivity index (χ4n) is 3.16. The number of fused-ring (bicyclic) bond motifs is 1. The Balaban J connectivity index is 1.60. The molecule has 146 valence electrons. The summed E-state index contributed by atoms with van der Waals surface area (Å²) in [6.07, 6.45) is 3.16. The summed E-state index contributed by atoms with van der Waals surface area (Å²) >= 11 is 7.46. The Bertz CT molecular complexity index is 1250. The molecule has 0 aliphatic carbocycles. The van der Waals surface area contributed by atoms with Gasteiger partial charge in [-0.3, -0.25) is 14.2 Å². The SMILES string of the molecule is Cc1sc2ncn(CCC(=O)Nc3cccnc3Cl)c(=O)c2c1-c1ccccc1. The van der Waals surface area contributed by atoms with Crippen molar-refractivity contribution in [2.75, 3.05) is 5.32 Å². The molecule has 6 nitrogen and oxygen atoms in total. The van der Waals surface area contributed by atoms with Gasteiger partial charge in [0.1, 0.15) is 4.83 Å². The number of aryl methyl sites for hydroxylation is 2. The second kappa shape index (κ2) is 8.14. The van der Waals surface area contributed by atoms with Gasteiger partial charge in [-0.25, -0.2) is 9.97 Å². The van der Waals surface area contributed by atoms with Crippen molar-refractivity contribution < 1.29 is 4.79 Å². The van der Waals surface area contributed by atoms with Crippen molar-refractivity contribution in [2.24, 2.45) is 0 Å². The summed E-state index contributed by atoms with van der Waals surface area (Å²) in [6, 6.07) is 13.2. The minimum Gasteiger partial charge on any atom is -0.323 e. The number of carbonyl (C=O) groups excluding carboxylic acids is 1. The summed E-state index contributed by atoms with van der Waals surface area (Å²) in [7, 11) is 0. The molecule has 0 unspecified atom stereocenters. The second-order valence-corrected chi connectivity index (χ2v) is 8.02. The highest BCUT2D eigenvalue weighted by Gasteiger charge is 2.17. The predicted octanol–water partition coefficient (Wildman–Crippen LogP) is 4.51. The van der Waals surface area contributed by atoms with Gasteiger partial charge in [-0.2, -0.15) is 0 Å². The Morgan fingerprint density at radius 2 is 1.97 bits per heavy atom. The van der Waals surface area contributed by atoms with Gasteiger partial charge in [0.15, 0.2) is 5.15 Å². The van der Waals surface area contributed by atoms with E-state index in [1.807, 2.05) is 37.3 Å². The van der Waals surface area contributed by atoms with E-state index in [9.17, 15) is 9.59 Å². The van der Waals surface area contributed by atoms with Gasteiger partial charge < -0.3 is 5.32 Å². The largest absolute Gasteiger partial charge is 0.323 e. The number of thiophene rings is 1. The summed E-state index contributed by atoms with van der Waals surface area (Å²) in [6.45, 7) is 2.21. The van der Waals surface area contributed by atoms with E-state index in [-0.39, 0.29) is 29.6 Å². The minimum atomic E-state index is -0.253. The molecule has 8 heteroatoms. The van der Waals surface area contributed by atoms with Crippen molar-refractivity contribution in [3.8, 4) is 11.1 Å². The molecule has 3 aromatic heterocycles. The maximum Gasteiger partial charge on any atom is 0.262 e. The molecule has 0 radical (unpaired) electrons. The molecule has 1 N–H and O–H groups in total. The first-order chi connectivity index (χ1) is 14.0. The van der Waals surface area contributed by atoms with Gasteiger partial charge in [0, 0.05) is 29.6 Å². The zero-order valence-electron chi connectivity index (χ0n) is 15.6. The van der Waals surface area contributed by atoms with Gasteiger partial charge in [-0.15, -0.1) is 11.3 Å². The number of halogens is 1. The normalized spacial score (nSPS) is 11.0. The van der Waals surface area contributed by atoms with Crippen molar-refractivity contribution >= 4 is 44.7 Å². The third-order valence-corrected chi connectivity index (χ3v) is 5.84. The Kier molecular flexibility index (Phi) is 5.42. The van der Waals surface area contributed by atoms with Gasteiger partial charge in [0.05, 0.1) is 17.4 Å². The van der Waals surface area contributed by atoms with E-state index in [4.69, 9.17) is 11.6 Å². The topological polar surface area (TPSA) is 76.9 Å². The number of rotatable bonds is 5. The molecule has 1 aromatic carbocycles. The molecule has 0 saturated carbocycles. The van der Waals surface area contributed by atoms with Gasteiger partial charge in [-0.1, -0.05) is 41.9 Å². The van der Waals surface area contributed by atoms with Crippen LogP contribution in [0, 0.1) is 6.92 Å². The van der Waals surface area contributed by atoms with Crippen LogP contribution < -0.4 is 10.9 Å². The van der Waals surface area contributed by atoms with Crippen LogP contribution in [0.1, 0.15) is 11.3 Å². The van der Waals surface area contributed by atoms with Crippen LogP contribution in [0.2, 0.25) is 5.15 Å². The number of carbonyl (C=O) groups is 1. The van der Waals surface area contributed by atoms with E-state index in [0.717, 1.165) is 16.0 Å². The third-order valence-electron chi connectivity index (χ3n) is 4.53. The highest BCUT2D eigenvalue weighted by molar-refractivity contribution is 7.19. The first kappa shape index (κ1) is 19.3. The number of amides is 1. The molecule has 29 heavy (non-hydrogen) atoms. The first-order valence-corrected chi connectivity index (χ1v) is 10.2. The standard InChI is InChI=1S/C21H17ClN4O2S/c1-13-17(14-6-3-2-4-7-14)18-20(29-13)24-12-26(21(18)28)11-9-16(27)25-15-8-5-10-23-19(15)22/h2-8,10,12H,9,11H2,1H3,(H,25,27). The summed E-state index contributed by atoms with van der Waals surface area (Å²) < 4.78 is 1.48. The van der Waals surface area contributed by atoms with Crippen molar-refractivity contribution in [2.45, 2.75) is 19.9 Å². The average molecular weight is 425 g/mol. The van der Waals surface area contributed by atoms with E-state index in [1.165, 1.54) is 22.2 Å². The number of hydrogen-bond donors (Lipinski definition) is 1. The summed E-state index contributed by atoms with van der Waals surface area (Å²) in [5.41, 5.74) is 2.19. The van der Waals surface area contributed by atoms with Crippen LogP contribution in [0.4, 0.5) is 5.69 Å². The molecular formula is C21H17ClN4O2S. The minimum absolute atomic E-state index is 0.113. The molecule has 0 atom stereocenters. The second-order valence-electron chi connectivity index (χ2n) is 6.46. The number of benzene rings is 1. The van der Waals surface area contributed by atoms with E-state index >= 15 is 0 Å². The summed E-state index contributed by atoms with van der Waals surface area (Å²) in [5, 5.41) is 3.53. The van der Waals surface area contributed by atoms with E-state index in [0.29, 0.717) is 15.9 Å². The van der Waals surface area contributed by atoms with E-state index < -0.39 is 0 Å². The molecular weight excluding hydrogens is 408 g/mol. The van der Waals surface area contributed by atoms with Crippen molar-refractivity contribution in [3.05, 3.63) is 75.4 Å². The number of nitrogens with one attached hydrogen (secondary N) is 1. The third kappa shape index (κ3) is 3.92. The molecule has 1 amide bonds. The molecule has 4 rings (SSSR count). The van der Waals surface area contributed by atoms with Gasteiger partial charge in [-0.05, 0) is 24.6 Å². The van der Waals surface area contributed by atoms with Crippen LogP contribution in [-0.4, -0.2) is 20.4 Å². The van der Waals surface area contributed by atoms with Gasteiger partial charge in [0.25, 0.3) is 5.56 Å². The molecule has 0 aliphatic heterocycles. The molecule has 0 spiro atoms. The molecule has 4 aromatic rings. The lowest BCUT2D eigenvalue weighted by Crippen LogP contribution is -2.23. The van der Waals surface area contributed by atoms with Crippen molar-refractivity contribution in [1.82, 2.24) is 14.5 Å². The number of pyridine rings is 1. The van der Waals surface area contributed by atoms with Crippen molar-refractivity contribution in [3.63, 3.8) is 0 Å². The maximum atomic E-state index is 13.1. The first-order valence-electron chi connectivity index (χ1n) is 8.99. The fraction of sp³-hybridized carbons (Fsp3) is 0.143. The monoisotopic (exact) mass is 424 g/mol. The Labute approximate surface area is 175 Å². The quantitative estimate of drug-likeness (QED) is 0.478. The fourth-order valence-corrected chi connectivity index (χ4v) is 4.33. The van der Waals surface area contributed by atoms with Crippen LogP contribution in [0.15, 0.2) is 59.8 Å². The predicted molar refractivity (Wildman–Crippen MR) is 117 cm³/mol. The van der Waals surface area contributed by atoms with E-state index in [1.54, 1.807) is 18.3 Å². The number of nitrogens with zero attached hydrogens (tertiary/aromatic N) is 3. The molecule has 3 heterocycles. The molecule has 0 fully saturated rings. The Morgan fingerprint density at radius 1 is 1.17 bits per heavy atom. The van der Waals surface area contributed by atoms with Gasteiger partial charge in [0.2, 0.25) is 5.91 Å². The molecule has 0 aliphatic rings. The highest BCUT2D eigenvalue weighted by atomic mass is 35.5. The van der Waals surface area contributed by atoms with Gasteiger partial charge >= 0.3 is 0 Å². The average Bonchev–Trinajstić information content (AvgIpc) is 3.06. The van der Waals surface area contributed by atoms with E-state index in [2.05, 4.69) is 15.3 Å². The zero-order valence-corrected chi connectivity index (χ0v) is 17.1. The lowest BCUT2D eigenvalue weighted by molar-refractivity contribution is -0.116. The van der Waals surface area contributed by atoms with Crippen molar-refractivity contribution in [1.29, 1.82) is 0 Å². The lowest BCUT2D eigenvalue weighted by Gasteiger charge is -2.08. The maximum absolute atomic E-state index is 13.1. The molecule has 0 bridgehead atoms.